The number of anilines is 1. The zero-order valence-electron chi connectivity index (χ0n) is 14.1. The van der Waals surface area contributed by atoms with E-state index in [-0.39, 0.29) is 23.6 Å². The molecule has 1 saturated heterocycles. The molecule has 2 amide bonds. The normalized spacial score (nSPS) is 17.7. The van der Waals surface area contributed by atoms with Gasteiger partial charge in [-0.25, -0.2) is 17.9 Å². The zero-order chi connectivity index (χ0) is 17.6. The SMILES string of the molecule is CCN(CC)C(=O)Nc1ccc(S(=O)(=O)NC[C@@H]2CCCO2)cc1. The van der Waals surface area contributed by atoms with Crippen molar-refractivity contribution in [3.63, 3.8) is 0 Å². The molecule has 0 bridgehead atoms. The fourth-order valence-corrected chi connectivity index (χ4v) is 3.59. The number of benzene rings is 1. The number of hydrogen-bond donors (Lipinski definition) is 2. The van der Waals surface area contributed by atoms with Crippen LogP contribution < -0.4 is 10.0 Å². The predicted molar refractivity (Wildman–Crippen MR) is 92.5 cm³/mol. The molecular formula is C16H25N3O4S. The summed E-state index contributed by atoms with van der Waals surface area (Å²) in [5.41, 5.74) is 0.560. The van der Waals surface area contributed by atoms with Gasteiger partial charge >= 0.3 is 6.03 Å². The van der Waals surface area contributed by atoms with Crippen molar-refractivity contribution < 1.29 is 17.9 Å². The molecule has 0 aliphatic carbocycles. The third-order valence-corrected chi connectivity index (χ3v) is 5.43. The molecule has 2 N–H and O–H groups in total. The molecule has 1 heterocycles. The molecule has 134 valence electrons. The Morgan fingerprint density at radius 3 is 2.46 bits per heavy atom. The molecule has 1 atom stereocenters. The van der Waals surface area contributed by atoms with Gasteiger partial charge in [-0.2, -0.15) is 0 Å². The van der Waals surface area contributed by atoms with Gasteiger partial charge in [0.2, 0.25) is 10.0 Å². The highest BCUT2D eigenvalue weighted by Gasteiger charge is 2.20. The number of nitrogens with zero attached hydrogens (tertiary/aromatic N) is 1. The molecule has 0 spiro atoms. The number of sulfonamides is 1. The van der Waals surface area contributed by atoms with Gasteiger partial charge in [0.05, 0.1) is 11.0 Å². The molecule has 0 unspecified atom stereocenters. The molecular weight excluding hydrogens is 330 g/mol. The molecule has 1 aromatic carbocycles. The molecule has 7 nitrogen and oxygen atoms in total. The summed E-state index contributed by atoms with van der Waals surface area (Å²) in [7, 11) is -3.57. The van der Waals surface area contributed by atoms with Gasteiger partial charge in [0.15, 0.2) is 0 Å². The summed E-state index contributed by atoms with van der Waals surface area (Å²) in [5, 5.41) is 2.75. The first-order chi connectivity index (χ1) is 11.5. The highest BCUT2D eigenvalue weighted by Crippen LogP contribution is 2.16. The van der Waals surface area contributed by atoms with Crippen LogP contribution in [0, 0.1) is 0 Å². The average molecular weight is 355 g/mol. The fraction of sp³-hybridized carbons (Fsp3) is 0.562. The van der Waals surface area contributed by atoms with E-state index in [1.165, 1.54) is 12.1 Å². The minimum Gasteiger partial charge on any atom is -0.377 e. The Kier molecular flexibility index (Phi) is 6.59. The van der Waals surface area contributed by atoms with Crippen LogP contribution in [-0.2, 0) is 14.8 Å². The second kappa shape index (κ2) is 8.46. The van der Waals surface area contributed by atoms with Gasteiger partial charge in [-0.1, -0.05) is 0 Å². The number of hydrogen-bond acceptors (Lipinski definition) is 4. The number of carbonyl (C=O) groups is 1. The molecule has 0 radical (unpaired) electrons. The summed E-state index contributed by atoms with van der Waals surface area (Å²) in [4.78, 5) is 13.8. The van der Waals surface area contributed by atoms with Crippen molar-refractivity contribution in [3.05, 3.63) is 24.3 Å². The van der Waals surface area contributed by atoms with E-state index < -0.39 is 10.0 Å². The third-order valence-electron chi connectivity index (χ3n) is 3.99. The molecule has 1 aromatic rings. The number of amides is 2. The van der Waals surface area contributed by atoms with Gasteiger partial charge in [0.25, 0.3) is 0 Å². The van der Waals surface area contributed by atoms with Crippen molar-refractivity contribution >= 4 is 21.7 Å². The van der Waals surface area contributed by atoms with E-state index in [0.717, 1.165) is 12.8 Å². The van der Waals surface area contributed by atoms with Crippen molar-refractivity contribution in [2.45, 2.75) is 37.7 Å². The van der Waals surface area contributed by atoms with E-state index in [4.69, 9.17) is 4.74 Å². The molecule has 1 fully saturated rings. The molecule has 2 rings (SSSR count). The minimum atomic E-state index is -3.57. The Labute approximate surface area is 143 Å². The lowest BCUT2D eigenvalue weighted by molar-refractivity contribution is 0.114. The average Bonchev–Trinajstić information content (AvgIpc) is 3.08. The standard InChI is InChI=1S/C16H25N3O4S/c1-3-19(4-2)16(20)18-13-7-9-15(10-8-13)24(21,22)17-12-14-6-5-11-23-14/h7-10,14,17H,3-6,11-12H2,1-2H3,(H,18,20)/t14-/m0/s1. The first-order valence-electron chi connectivity index (χ1n) is 8.23. The molecule has 24 heavy (non-hydrogen) atoms. The summed E-state index contributed by atoms with van der Waals surface area (Å²) in [5.74, 6) is 0. The first kappa shape index (κ1) is 18.7. The van der Waals surface area contributed by atoms with E-state index in [1.54, 1.807) is 17.0 Å². The summed E-state index contributed by atoms with van der Waals surface area (Å²) in [6, 6.07) is 5.93. The van der Waals surface area contributed by atoms with Gasteiger partial charge < -0.3 is 15.0 Å². The van der Waals surface area contributed by atoms with Crippen molar-refractivity contribution in [2.24, 2.45) is 0 Å². The summed E-state index contributed by atoms with van der Waals surface area (Å²) in [6.07, 6.45) is 1.79. The van der Waals surface area contributed by atoms with E-state index in [1.807, 2.05) is 13.8 Å². The van der Waals surface area contributed by atoms with Crippen molar-refractivity contribution in [1.82, 2.24) is 9.62 Å². The maximum absolute atomic E-state index is 12.3. The van der Waals surface area contributed by atoms with Crippen molar-refractivity contribution in [1.29, 1.82) is 0 Å². The van der Waals surface area contributed by atoms with Crippen LogP contribution in [0.2, 0.25) is 0 Å². The van der Waals surface area contributed by atoms with Gasteiger partial charge in [-0.05, 0) is 51.0 Å². The smallest absolute Gasteiger partial charge is 0.321 e. The van der Waals surface area contributed by atoms with Crippen LogP contribution in [0.25, 0.3) is 0 Å². The second-order valence-corrected chi connectivity index (χ2v) is 7.38. The van der Waals surface area contributed by atoms with E-state index in [2.05, 4.69) is 10.0 Å². The molecule has 1 aliphatic heterocycles. The monoisotopic (exact) mass is 355 g/mol. The van der Waals surface area contributed by atoms with Crippen LogP contribution in [0.3, 0.4) is 0 Å². The van der Waals surface area contributed by atoms with Crippen LogP contribution >= 0.6 is 0 Å². The topological polar surface area (TPSA) is 87.7 Å². The van der Waals surface area contributed by atoms with Gasteiger partial charge in [0, 0.05) is 31.9 Å². The summed E-state index contributed by atoms with van der Waals surface area (Å²) >= 11 is 0. The molecule has 1 aliphatic rings. The highest BCUT2D eigenvalue weighted by molar-refractivity contribution is 7.89. The minimum absolute atomic E-state index is 0.0487. The van der Waals surface area contributed by atoms with Crippen LogP contribution in [0.1, 0.15) is 26.7 Å². The third kappa shape index (κ3) is 4.93. The molecule has 8 heteroatoms. The largest absolute Gasteiger partial charge is 0.377 e. The Hall–Kier alpha value is -1.64. The lowest BCUT2D eigenvalue weighted by atomic mass is 10.2. The van der Waals surface area contributed by atoms with Crippen LogP contribution in [0.5, 0.6) is 0 Å². The number of rotatable bonds is 7. The van der Waals surface area contributed by atoms with Crippen molar-refractivity contribution in [2.75, 3.05) is 31.6 Å². The zero-order valence-corrected chi connectivity index (χ0v) is 14.9. The number of nitrogens with one attached hydrogen (secondary N) is 2. The summed E-state index contributed by atoms with van der Waals surface area (Å²) < 4.78 is 32.5. The maximum atomic E-state index is 12.3. The van der Waals surface area contributed by atoms with E-state index in [0.29, 0.717) is 25.4 Å². The predicted octanol–water partition coefficient (Wildman–Crippen LogP) is 2.02. The Bertz CT molecular complexity index is 636. The van der Waals surface area contributed by atoms with Crippen LogP contribution in [0.4, 0.5) is 10.5 Å². The Morgan fingerprint density at radius 2 is 1.92 bits per heavy atom. The molecule has 0 aromatic heterocycles. The lowest BCUT2D eigenvalue weighted by Crippen LogP contribution is -2.34. The Morgan fingerprint density at radius 1 is 1.25 bits per heavy atom. The van der Waals surface area contributed by atoms with Gasteiger partial charge in [0.1, 0.15) is 0 Å². The second-order valence-electron chi connectivity index (χ2n) is 5.61. The van der Waals surface area contributed by atoms with Gasteiger partial charge in [-0.15, -0.1) is 0 Å². The maximum Gasteiger partial charge on any atom is 0.321 e. The fourth-order valence-electron chi connectivity index (χ4n) is 2.52. The van der Waals surface area contributed by atoms with E-state index in [9.17, 15) is 13.2 Å². The van der Waals surface area contributed by atoms with Crippen LogP contribution in [0.15, 0.2) is 29.2 Å². The Balaban J connectivity index is 1.96. The van der Waals surface area contributed by atoms with Crippen molar-refractivity contribution in [3.8, 4) is 0 Å². The van der Waals surface area contributed by atoms with Crippen LogP contribution in [-0.4, -0.2) is 51.7 Å². The quantitative estimate of drug-likeness (QED) is 0.783. The number of carbonyl (C=O) groups excluding carboxylic acids is 1. The van der Waals surface area contributed by atoms with E-state index >= 15 is 0 Å². The summed E-state index contributed by atoms with van der Waals surface area (Å²) in [6.45, 7) is 6.00. The highest BCUT2D eigenvalue weighted by atomic mass is 32.2. The lowest BCUT2D eigenvalue weighted by Gasteiger charge is -2.19. The first-order valence-corrected chi connectivity index (χ1v) is 9.71. The molecule has 0 saturated carbocycles. The number of urea groups is 1. The number of ether oxygens (including phenoxy) is 1. The van der Waals surface area contributed by atoms with Gasteiger partial charge in [-0.3, -0.25) is 0 Å².